The summed E-state index contributed by atoms with van der Waals surface area (Å²) >= 11 is 0. The van der Waals surface area contributed by atoms with Crippen LogP contribution >= 0.6 is 0 Å². The molecular weight excluding hydrogens is 566 g/mol. The van der Waals surface area contributed by atoms with Gasteiger partial charge in [-0.1, -0.05) is 6.08 Å². The van der Waals surface area contributed by atoms with E-state index in [4.69, 9.17) is 9.47 Å². The molecule has 0 spiro atoms. The van der Waals surface area contributed by atoms with Gasteiger partial charge in [0.2, 0.25) is 11.4 Å². The van der Waals surface area contributed by atoms with E-state index in [1.165, 1.54) is 0 Å². The topological polar surface area (TPSA) is 69.7 Å². The summed E-state index contributed by atoms with van der Waals surface area (Å²) in [4.78, 5) is 32.9. The van der Waals surface area contributed by atoms with E-state index in [0.29, 0.717) is 17.8 Å². The lowest BCUT2D eigenvalue weighted by atomic mass is 10.0. The fourth-order valence-corrected chi connectivity index (χ4v) is 5.66. The Morgan fingerprint density at radius 3 is 2.13 bits per heavy atom. The average molecular weight is 609 g/mol. The van der Waals surface area contributed by atoms with Gasteiger partial charge in [0.1, 0.15) is 11.3 Å². The predicted octanol–water partition coefficient (Wildman–Crippen LogP) is 4.87. The van der Waals surface area contributed by atoms with Crippen molar-refractivity contribution in [3.8, 4) is 0 Å². The third kappa shape index (κ3) is 6.02. The number of ether oxygens (including phenoxy) is 2. The molecule has 0 N–H and O–H groups in total. The zero-order chi connectivity index (χ0) is 32.4. The van der Waals surface area contributed by atoms with Crippen molar-refractivity contribution < 1.29 is 23.6 Å². The zero-order valence-electron chi connectivity index (χ0n) is 27.4. The molecule has 0 atom stereocenters. The summed E-state index contributed by atoms with van der Waals surface area (Å²) in [5.41, 5.74) is 9.21. The van der Waals surface area contributed by atoms with Crippen molar-refractivity contribution in [1.29, 1.82) is 0 Å². The quantitative estimate of drug-likeness (QED) is 0.254. The second-order valence-corrected chi connectivity index (χ2v) is 11.6. The van der Waals surface area contributed by atoms with Crippen LogP contribution < -0.4 is 9.80 Å². The Labute approximate surface area is 265 Å². The molecule has 9 nitrogen and oxygen atoms in total. The van der Waals surface area contributed by atoms with Crippen molar-refractivity contribution in [3.63, 3.8) is 0 Å². The summed E-state index contributed by atoms with van der Waals surface area (Å²) in [6.45, 7) is 4.47. The number of anilines is 2. The van der Waals surface area contributed by atoms with Crippen LogP contribution in [-0.4, -0.2) is 93.6 Å². The van der Waals surface area contributed by atoms with Gasteiger partial charge >= 0.3 is 11.9 Å². The molecule has 3 aromatic rings. The molecule has 2 aromatic heterocycles. The van der Waals surface area contributed by atoms with Crippen molar-refractivity contribution in [3.05, 3.63) is 112 Å². The number of esters is 2. The standard InChI is InChI=1S/C36H42N5O4/c1-9-44-35(42)30-23-41(31-20-26(38(5)6)12-11-13-28(30)31)34(24-14-16-25(17-15-24)37(3)4)29-22-33(36(43)45-10-2)40-19-18-27(39(7)8)21-32(29)40/h11-22H,9-10,23H2,1-8H3/q+1. The van der Waals surface area contributed by atoms with E-state index < -0.39 is 5.97 Å². The molecule has 0 fully saturated rings. The fraction of sp³-hybridized carbons (Fsp3) is 0.306. The van der Waals surface area contributed by atoms with Crippen molar-refractivity contribution in [2.45, 2.75) is 13.8 Å². The van der Waals surface area contributed by atoms with Crippen LogP contribution in [0.15, 0.2) is 95.5 Å². The van der Waals surface area contributed by atoms with Crippen LogP contribution in [0.25, 0.3) is 5.52 Å². The predicted molar refractivity (Wildman–Crippen MR) is 179 cm³/mol. The molecule has 0 bridgehead atoms. The highest BCUT2D eigenvalue weighted by Crippen LogP contribution is 2.34. The summed E-state index contributed by atoms with van der Waals surface area (Å²) in [6.07, 6.45) is 9.99. The van der Waals surface area contributed by atoms with Crippen LogP contribution in [0.4, 0.5) is 11.4 Å². The van der Waals surface area contributed by atoms with Crippen LogP contribution in [0.3, 0.4) is 0 Å². The van der Waals surface area contributed by atoms with E-state index in [1.54, 1.807) is 6.92 Å². The molecule has 9 heteroatoms. The van der Waals surface area contributed by atoms with Crippen LogP contribution in [-0.2, 0) is 14.3 Å². The number of aromatic nitrogens is 1. The first kappa shape index (κ1) is 31.4. The first-order chi connectivity index (χ1) is 21.5. The number of rotatable bonds is 9. The van der Waals surface area contributed by atoms with E-state index in [0.717, 1.165) is 50.7 Å². The first-order valence-electron chi connectivity index (χ1n) is 15.2. The Kier molecular flexibility index (Phi) is 8.99. The second-order valence-electron chi connectivity index (χ2n) is 11.6. The number of fused-ring (bicyclic) bond motifs is 2. The van der Waals surface area contributed by atoms with Crippen LogP contribution in [0.1, 0.15) is 35.5 Å². The van der Waals surface area contributed by atoms with Gasteiger partial charge in [-0.05, 0) is 68.5 Å². The largest absolute Gasteiger partial charge is 0.462 e. The van der Waals surface area contributed by atoms with Crippen molar-refractivity contribution in [1.82, 2.24) is 9.30 Å². The third-order valence-corrected chi connectivity index (χ3v) is 8.00. The number of allylic oxidation sites excluding steroid dienone is 4. The smallest absolute Gasteiger partial charge is 0.355 e. The van der Waals surface area contributed by atoms with E-state index in [9.17, 15) is 9.59 Å². The van der Waals surface area contributed by atoms with E-state index in [2.05, 4.69) is 45.9 Å². The lowest BCUT2D eigenvalue weighted by Gasteiger charge is -2.15. The number of carbonyl (C=O) groups is 2. The van der Waals surface area contributed by atoms with E-state index >= 15 is 0 Å². The minimum Gasteiger partial charge on any atom is -0.462 e. The molecule has 1 aliphatic heterocycles. The third-order valence-electron chi connectivity index (χ3n) is 8.00. The van der Waals surface area contributed by atoms with Crippen molar-refractivity contribution >= 4 is 34.5 Å². The SMILES string of the molecule is CCOC(=O)C1=C2C=CC=C(N(C)C)C=C2[N+](=C(c2ccc(N(C)C)cc2)c2cc(C(=O)OCC)n3ccc(N(C)C)cc23)C1. The Hall–Kier alpha value is -5.05. The summed E-state index contributed by atoms with van der Waals surface area (Å²) < 4.78 is 15.1. The number of pyridine rings is 1. The number of likely N-dealkylation sites (N-methyl/N-ethyl adjacent to an activating group) is 1. The highest BCUT2D eigenvalue weighted by atomic mass is 16.5. The maximum Gasteiger partial charge on any atom is 0.355 e. The van der Waals surface area contributed by atoms with Crippen LogP contribution in [0.2, 0.25) is 0 Å². The monoisotopic (exact) mass is 608 g/mol. The van der Waals surface area contributed by atoms with Crippen molar-refractivity contribution in [2.24, 2.45) is 0 Å². The lowest BCUT2D eigenvalue weighted by Crippen LogP contribution is -2.23. The highest BCUT2D eigenvalue weighted by Gasteiger charge is 2.40. The molecule has 0 amide bonds. The average Bonchev–Trinajstić information content (AvgIpc) is 3.47. The lowest BCUT2D eigenvalue weighted by molar-refractivity contribution is -0.454. The van der Waals surface area contributed by atoms with E-state index in [1.807, 2.05) is 100.0 Å². The van der Waals surface area contributed by atoms with Crippen molar-refractivity contribution in [2.75, 3.05) is 71.8 Å². The van der Waals surface area contributed by atoms with Crippen LogP contribution in [0, 0.1) is 0 Å². The molecule has 5 rings (SSSR count). The molecule has 234 valence electrons. The number of benzene rings is 1. The molecule has 1 aliphatic carbocycles. The molecule has 2 aliphatic rings. The number of carbonyl (C=O) groups excluding carboxylic acids is 2. The van der Waals surface area contributed by atoms with Gasteiger partial charge in [0.05, 0.1) is 29.9 Å². The van der Waals surface area contributed by atoms with E-state index in [-0.39, 0.29) is 19.2 Å². The summed E-state index contributed by atoms with van der Waals surface area (Å²) in [6, 6.07) is 14.3. The van der Waals surface area contributed by atoms with Gasteiger partial charge in [-0.3, -0.25) is 0 Å². The van der Waals surface area contributed by atoms with Gasteiger partial charge in [0, 0.05) is 77.2 Å². The number of nitrogens with zero attached hydrogens (tertiary/aromatic N) is 5. The van der Waals surface area contributed by atoms with Gasteiger partial charge in [-0.15, -0.1) is 0 Å². The van der Waals surface area contributed by atoms with Gasteiger partial charge in [-0.2, -0.15) is 4.58 Å². The highest BCUT2D eigenvalue weighted by molar-refractivity contribution is 6.16. The normalized spacial score (nSPS) is 15.3. The summed E-state index contributed by atoms with van der Waals surface area (Å²) in [5, 5.41) is 0. The van der Waals surface area contributed by atoms with Crippen LogP contribution in [0.5, 0.6) is 0 Å². The molecule has 0 saturated carbocycles. The summed E-state index contributed by atoms with van der Waals surface area (Å²) in [7, 11) is 12.0. The summed E-state index contributed by atoms with van der Waals surface area (Å²) in [5.74, 6) is -0.745. The number of hydrogen-bond acceptors (Lipinski definition) is 7. The number of hydrogen-bond donors (Lipinski definition) is 0. The molecule has 1 aromatic carbocycles. The first-order valence-corrected chi connectivity index (χ1v) is 15.2. The Morgan fingerprint density at radius 1 is 0.844 bits per heavy atom. The molecule has 0 radical (unpaired) electrons. The van der Waals surface area contributed by atoms with Gasteiger partial charge in [0.25, 0.3) is 0 Å². The molecular formula is C36H42N5O4+. The Balaban J connectivity index is 1.89. The zero-order valence-corrected chi connectivity index (χ0v) is 27.4. The molecule has 0 saturated heterocycles. The molecule has 3 heterocycles. The van der Waals surface area contributed by atoms with Gasteiger partial charge in [-0.25, -0.2) is 9.59 Å². The second kappa shape index (κ2) is 12.9. The molecule has 45 heavy (non-hydrogen) atoms. The Morgan fingerprint density at radius 2 is 1.51 bits per heavy atom. The minimum absolute atomic E-state index is 0.265. The fourth-order valence-electron chi connectivity index (χ4n) is 5.66. The maximum absolute atomic E-state index is 13.4. The Bertz CT molecular complexity index is 1800. The van der Waals surface area contributed by atoms with Gasteiger partial charge < -0.3 is 28.6 Å². The van der Waals surface area contributed by atoms with Gasteiger partial charge in [0.15, 0.2) is 6.54 Å². The maximum atomic E-state index is 13.4. The minimum atomic E-state index is -0.402. The molecule has 0 unspecified atom stereocenters.